The summed E-state index contributed by atoms with van der Waals surface area (Å²) < 4.78 is 11.8. The van der Waals surface area contributed by atoms with Crippen LogP contribution >= 0.6 is 23.4 Å². The molecule has 1 aromatic heterocycles. The van der Waals surface area contributed by atoms with Crippen LogP contribution in [0, 0.1) is 11.3 Å². The minimum absolute atomic E-state index is 0.0818. The van der Waals surface area contributed by atoms with Gasteiger partial charge >= 0.3 is 0 Å². The van der Waals surface area contributed by atoms with Gasteiger partial charge in [0.1, 0.15) is 6.07 Å². The standard InChI is InChI=1S/C32H39ClN6O3S/c1-5-39-21(3)20(2)36-32(39)43-30-8-7-23(15-26(30)33)37-31-22(18-34)19-35-27-17-29(28(41-4)16-25(27)31)42-14-6-11-38-12-9-24(40)10-13-38/h7-8,15-17,19,24,32,36,40H,5-6,9-14H2,1-4H3,(H,35,37). The van der Waals surface area contributed by atoms with E-state index in [0.717, 1.165) is 61.4 Å². The number of methoxy groups -OCH3 is 1. The number of thioether (sulfide) groups is 1. The largest absolute Gasteiger partial charge is 0.493 e. The lowest BCUT2D eigenvalue weighted by molar-refractivity contribution is 0.0799. The maximum Gasteiger partial charge on any atom is 0.163 e. The number of aliphatic hydroxyl groups excluding tert-OH is 1. The second-order valence-corrected chi connectivity index (χ2v) is 12.4. The number of pyridine rings is 1. The molecule has 0 saturated carbocycles. The molecule has 1 fully saturated rings. The lowest BCUT2D eigenvalue weighted by atomic mass is 10.1. The zero-order chi connectivity index (χ0) is 30.5. The van der Waals surface area contributed by atoms with E-state index in [1.165, 1.54) is 11.4 Å². The van der Waals surface area contributed by atoms with Crippen molar-refractivity contribution in [1.29, 1.82) is 5.26 Å². The third-order valence-corrected chi connectivity index (χ3v) is 9.71. The molecule has 0 radical (unpaired) electrons. The Morgan fingerprint density at radius 2 is 2.00 bits per heavy atom. The Morgan fingerprint density at radius 3 is 2.70 bits per heavy atom. The van der Waals surface area contributed by atoms with E-state index in [9.17, 15) is 10.4 Å². The Hall–Kier alpha value is -3.36. The molecule has 11 heteroatoms. The van der Waals surface area contributed by atoms with Crippen LogP contribution in [0.5, 0.6) is 11.5 Å². The Morgan fingerprint density at radius 1 is 1.21 bits per heavy atom. The van der Waals surface area contributed by atoms with Crippen LogP contribution in [0.25, 0.3) is 10.9 Å². The van der Waals surface area contributed by atoms with Gasteiger partial charge in [0.05, 0.1) is 41.6 Å². The van der Waals surface area contributed by atoms with Crippen LogP contribution in [0.3, 0.4) is 0 Å². The van der Waals surface area contributed by atoms with Crippen LogP contribution in [0.4, 0.5) is 11.4 Å². The minimum Gasteiger partial charge on any atom is -0.493 e. The highest BCUT2D eigenvalue weighted by molar-refractivity contribution is 8.00. The van der Waals surface area contributed by atoms with E-state index in [2.05, 4.69) is 52.3 Å². The van der Waals surface area contributed by atoms with Gasteiger partial charge in [0.2, 0.25) is 0 Å². The van der Waals surface area contributed by atoms with Gasteiger partial charge in [-0.3, -0.25) is 4.98 Å². The lowest BCUT2D eigenvalue weighted by Crippen LogP contribution is -2.36. The number of benzene rings is 2. The van der Waals surface area contributed by atoms with Gasteiger partial charge in [0.15, 0.2) is 17.0 Å². The van der Waals surface area contributed by atoms with Crippen LogP contribution in [0.15, 0.2) is 52.8 Å². The molecule has 3 heterocycles. The Bertz CT molecular complexity index is 1540. The SMILES string of the molecule is CCN1C(C)=C(C)NC1Sc1ccc(Nc2c(C#N)cnc3cc(OCCCN4CCC(O)CC4)c(OC)cc23)cc1Cl. The molecular weight excluding hydrogens is 584 g/mol. The van der Waals surface area contributed by atoms with Crippen molar-refractivity contribution in [1.82, 2.24) is 20.1 Å². The normalized spacial score (nSPS) is 17.7. The van der Waals surface area contributed by atoms with Gasteiger partial charge in [-0.1, -0.05) is 23.4 Å². The molecular formula is C32H39ClN6O3S. The molecule has 2 aromatic carbocycles. The van der Waals surface area contributed by atoms with E-state index in [1.807, 2.05) is 30.3 Å². The molecule has 3 aromatic rings. The fourth-order valence-electron chi connectivity index (χ4n) is 5.50. The number of aliphatic hydroxyl groups is 1. The second-order valence-electron chi connectivity index (χ2n) is 10.8. The fourth-order valence-corrected chi connectivity index (χ4v) is 7.04. The fraction of sp³-hybridized carbons (Fsp3) is 0.438. The lowest BCUT2D eigenvalue weighted by Gasteiger charge is -2.29. The number of allylic oxidation sites excluding steroid dienone is 2. The van der Waals surface area contributed by atoms with Crippen molar-refractivity contribution in [3.05, 3.63) is 58.5 Å². The van der Waals surface area contributed by atoms with Crippen LogP contribution in [0.1, 0.15) is 45.6 Å². The molecule has 0 bridgehead atoms. The summed E-state index contributed by atoms with van der Waals surface area (Å²) in [6.07, 6.45) is 3.92. The van der Waals surface area contributed by atoms with Crippen molar-refractivity contribution in [2.45, 2.75) is 56.5 Å². The first kappa shape index (κ1) is 31.1. The van der Waals surface area contributed by atoms with Crippen LogP contribution < -0.4 is 20.1 Å². The Balaban J connectivity index is 1.31. The topological polar surface area (TPSA) is 106 Å². The number of nitrogens with one attached hydrogen (secondary N) is 2. The number of fused-ring (bicyclic) bond motifs is 1. The van der Waals surface area contributed by atoms with Crippen molar-refractivity contribution in [2.75, 3.05) is 45.2 Å². The quantitative estimate of drug-likeness (QED) is 0.211. The number of piperidine rings is 1. The molecule has 5 rings (SSSR count). The Labute approximate surface area is 262 Å². The van der Waals surface area contributed by atoms with E-state index in [4.69, 9.17) is 21.1 Å². The summed E-state index contributed by atoms with van der Waals surface area (Å²) in [5, 5.41) is 27.9. The monoisotopic (exact) mass is 622 g/mol. The smallest absolute Gasteiger partial charge is 0.163 e. The maximum atomic E-state index is 9.90. The average molecular weight is 623 g/mol. The molecule has 3 N–H and O–H groups in total. The van der Waals surface area contributed by atoms with Gasteiger partial charge in [-0.15, -0.1) is 0 Å². The number of nitriles is 1. The zero-order valence-electron chi connectivity index (χ0n) is 25.1. The summed E-state index contributed by atoms with van der Waals surface area (Å²) in [5.41, 5.74) is 4.99. The highest BCUT2D eigenvalue weighted by atomic mass is 35.5. The molecule has 1 atom stereocenters. The number of ether oxygens (including phenoxy) is 2. The summed E-state index contributed by atoms with van der Waals surface area (Å²) in [6.45, 7) is 10.6. The molecule has 228 valence electrons. The van der Waals surface area contributed by atoms with E-state index < -0.39 is 0 Å². The van der Waals surface area contributed by atoms with Gasteiger partial charge < -0.3 is 35.0 Å². The summed E-state index contributed by atoms with van der Waals surface area (Å²) in [4.78, 5) is 10.2. The van der Waals surface area contributed by atoms with Gasteiger partial charge in [-0.05, 0) is 64.3 Å². The van der Waals surface area contributed by atoms with Crippen molar-refractivity contribution in [3.63, 3.8) is 0 Å². The molecule has 1 unspecified atom stereocenters. The Kier molecular flexibility index (Phi) is 10.1. The molecule has 43 heavy (non-hydrogen) atoms. The predicted molar refractivity (Wildman–Crippen MR) is 173 cm³/mol. The molecule has 1 saturated heterocycles. The molecule has 0 aliphatic carbocycles. The number of nitrogens with zero attached hydrogens (tertiary/aromatic N) is 4. The van der Waals surface area contributed by atoms with Crippen molar-refractivity contribution >= 4 is 45.6 Å². The maximum absolute atomic E-state index is 9.90. The van der Waals surface area contributed by atoms with E-state index in [-0.39, 0.29) is 11.6 Å². The average Bonchev–Trinajstić information content (AvgIpc) is 3.28. The number of likely N-dealkylation sites (tertiary alicyclic amines) is 1. The highest BCUT2D eigenvalue weighted by Gasteiger charge is 2.27. The first-order chi connectivity index (χ1) is 20.8. The summed E-state index contributed by atoms with van der Waals surface area (Å²) in [6, 6.07) is 11.8. The van der Waals surface area contributed by atoms with Crippen molar-refractivity contribution < 1.29 is 14.6 Å². The van der Waals surface area contributed by atoms with Gasteiger partial charge in [0.25, 0.3) is 0 Å². The van der Waals surface area contributed by atoms with Gasteiger partial charge in [-0.25, -0.2) is 0 Å². The molecule has 9 nitrogen and oxygen atoms in total. The first-order valence-corrected chi connectivity index (χ1v) is 15.9. The number of rotatable bonds is 11. The van der Waals surface area contributed by atoms with Gasteiger partial charge in [-0.2, -0.15) is 5.26 Å². The van der Waals surface area contributed by atoms with E-state index >= 15 is 0 Å². The first-order valence-electron chi connectivity index (χ1n) is 14.7. The molecule has 2 aliphatic rings. The van der Waals surface area contributed by atoms with Crippen molar-refractivity contribution in [3.8, 4) is 17.6 Å². The minimum atomic E-state index is -0.171. The number of halogens is 1. The predicted octanol–water partition coefficient (Wildman–Crippen LogP) is 6.29. The molecule has 0 amide bonds. The van der Waals surface area contributed by atoms with E-state index in [1.54, 1.807) is 25.1 Å². The summed E-state index contributed by atoms with van der Waals surface area (Å²) >= 11 is 8.44. The number of hydrogen-bond donors (Lipinski definition) is 3. The third-order valence-electron chi connectivity index (χ3n) is 8.08. The molecule has 0 spiro atoms. The summed E-state index contributed by atoms with van der Waals surface area (Å²) in [7, 11) is 1.61. The number of aromatic nitrogens is 1. The van der Waals surface area contributed by atoms with Gasteiger partial charge in [0, 0.05) is 65.8 Å². The number of anilines is 2. The molecule has 2 aliphatic heterocycles. The van der Waals surface area contributed by atoms with E-state index in [0.29, 0.717) is 39.9 Å². The van der Waals surface area contributed by atoms with Crippen LogP contribution in [-0.2, 0) is 0 Å². The third kappa shape index (κ3) is 7.07. The number of hydrogen-bond acceptors (Lipinski definition) is 10. The summed E-state index contributed by atoms with van der Waals surface area (Å²) in [5.74, 6) is 1.18. The zero-order valence-corrected chi connectivity index (χ0v) is 26.7. The second kappa shape index (κ2) is 14.0. The highest BCUT2D eigenvalue weighted by Crippen LogP contribution is 2.40. The van der Waals surface area contributed by atoms with Crippen LogP contribution in [-0.4, -0.2) is 71.4 Å². The van der Waals surface area contributed by atoms with Crippen molar-refractivity contribution in [2.24, 2.45) is 0 Å². The van der Waals surface area contributed by atoms with Crippen LogP contribution in [0.2, 0.25) is 5.02 Å².